The van der Waals surface area contributed by atoms with Gasteiger partial charge in [-0.05, 0) is 19.3 Å². The van der Waals surface area contributed by atoms with Crippen LogP contribution in [0.2, 0.25) is 0 Å². The van der Waals surface area contributed by atoms with Crippen molar-refractivity contribution in [3.05, 3.63) is 0 Å². The fraction of sp³-hybridized carbons (Fsp3) is 0.900. The van der Waals surface area contributed by atoms with Gasteiger partial charge in [-0.3, -0.25) is 4.79 Å². The summed E-state index contributed by atoms with van der Waals surface area (Å²) in [6.45, 7) is 3.69. The monoisotopic (exact) mass is 200 g/mol. The molecule has 1 saturated heterocycles. The highest BCUT2D eigenvalue weighted by atomic mass is 16.3. The second kappa shape index (κ2) is 5.32. The summed E-state index contributed by atoms with van der Waals surface area (Å²) in [5, 5.41) is 9.42. The summed E-state index contributed by atoms with van der Waals surface area (Å²) in [5.41, 5.74) is 5.45. The molecule has 1 aliphatic heterocycles. The van der Waals surface area contributed by atoms with Crippen molar-refractivity contribution in [1.82, 2.24) is 4.90 Å². The van der Waals surface area contributed by atoms with Crippen molar-refractivity contribution in [3.63, 3.8) is 0 Å². The average Bonchev–Trinajstić information content (AvgIpc) is 2.40. The van der Waals surface area contributed by atoms with Gasteiger partial charge in [0.05, 0.1) is 6.10 Å². The molecule has 0 radical (unpaired) electrons. The van der Waals surface area contributed by atoms with Crippen molar-refractivity contribution < 1.29 is 9.90 Å². The van der Waals surface area contributed by atoms with Crippen molar-refractivity contribution in [2.75, 3.05) is 19.6 Å². The first-order valence-corrected chi connectivity index (χ1v) is 5.32. The number of rotatable bonds is 2. The van der Waals surface area contributed by atoms with Gasteiger partial charge in [-0.25, -0.2) is 0 Å². The molecule has 0 spiro atoms. The van der Waals surface area contributed by atoms with Crippen LogP contribution in [0.4, 0.5) is 0 Å². The van der Waals surface area contributed by atoms with Crippen molar-refractivity contribution >= 4 is 5.91 Å². The van der Waals surface area contributed by atoms with E-state index in [0.29, 0.717) is 19.5 Å². The summed E-state index contributed by atoms with van der Waals surface area (Å²) >= 11 is 0. The van der Waals surface area contributed by atoms with Gasteiger partial charge >= 0.3 is 0 Å². The van der Waals surface area contributed by atoms with Gasteiger partial charge in [0.2, 0.25) is 5.91 Å². The first-order valence-electron chi connectivity index (χ1n) is 5.32. The van der Waals surface area contributed by atoms with Crippen LogP contribution in [0.15, 0.2) is 0 Å². The molecular formula is C10H20N2O2. The van der Waals surface area contributed by atoms with Crippen molar-refractivity contribution in [2.45, 2.75) is 32.3 Å². The zero-order valence-corrected chi connectivity index (χ0v) is 8.78. The Labute approximate surface area is 85.1 Å². The molecule has 1 rings (SSSR count). The minimum Gasteiger partial charge on any atom is -0.393 e. The Morgan fingerprint density at radius 2 is 2.29 bits per heavy atom. The summed E-state index contributed by atoms with van der Waals surface area (Å²) in [5.74, 6) is 0.0341. The first-order chi connectivity index (χ1) is 6.65. The molecule has 4 heteroatoms. The molecule has 0 aromatic heterocycles. The molecular weight excluding hydrogens is 180 g/mol. The predicted octanol–water partition coefficient (Wildman–Crippen LogP) is -0.0454. The fourth-order valence-electron chi connectivity index (χ4n) is 1.71. The summed E-state index contributed by atoms with van der Waals surface area (Å²) in [4.78, 5) is 13.6. The van der Waals surface area contributed by atoms with E-state index in [1.54, 1.807) is 0 Å². The lowest BCUT2D eigenvalue weighted by atomic mass is 10.1. The summed E-state index contributed by atoms with van der Waals surface area (Å²) in [7, 11) is 0. The predicted molar refractivity (Wildman–Crippen MR) is 54.7 cm³/mol. The third kappa shape index (κ3) is 2.96. The van der Waals surface area contributed by atoms with Crippen LogP contribution in [-0.4, -0.2) is 41.7 Å². The number of hydrogen-bond acceptors (Lipinski definition) is 3. The van der Waals surface area contributed by atoms with E-state index in [9.17, 15) is 9.90 Å². The molecule has 1 amide bonds. The van der Waals surface area contributed by atoms with Crippen LogP contribution in [0, 0.1) is 5.92 Å². The van der Waals surface area contributed by atoms with E-state index >= 15 is 0 Å². The number of nitrogens with two attached hydrogens (primary N) is 1. The molecule has 0 aliphatic carbocycles. The molecule has 0 bridgehead atoms. The molecule has 0 aromatic rings. The van der Waals surface area contributed by atoms with E-state index in [1.165, 1.54) is 0 Å². The fourth-order valence-corrected chi connectivity index (χ4v) is 1.71. The zero-order chi connectivity index (χ0) is 10.6. The third-order valence-electron chi connectivity index (χ3n) is 2.78. The maximum Gasteiger partial charge on any atom is 0.226 e. The van der Waals surface area contributed by atoms with E-state index in [1.807, 2.05) is 11.8 Å². The zero-order valence-electron chi connectivity index (χ0n) is 8.78. The third-order valence-corrected chi connectivity index (χ3v) is 2.78. The highest BCUT2D eigenvalue weighted by Crippen LogP contribution is 2.12. The maximum absolute atomic E-state index is 11.8. The quantitative estimate of drug-likeness (QED) is 0.657. The normalized spacial score (nSPS) is 25.6. The standard InChI is InChI=1S/C10H20N2O2/c1-8(7-11)10(14)12-5-2-3-9(13)4-6-12/h8-9,13H,2-7,11H2,1H3. The number of likely N-dealkylation sites (tertiary alicyclic amines) is 1. The lowest BCUT2D eigenvalue weighted by Gasteiger charge is -2.23. The molecule has 4 nitrogen and oxygen atoms in total. The maximum atomic E-state index is 11.8. The molecule has 2 atom stereocenters. The first kappa shape index (κ1) is 11.5. The molecule has 0 aromatic carbocycles. The Balaban J connectivity index is 2.47. The van der Waals surface area contributed by atoms with Gasteiger partial charge in [-0.2, -0.15) is 0 Å². The van der Waals surface area contributed by atoms with Crippen LogP contribution in [-0.2, 0) is 4.79 Å². The molecule has 14 heavy (non-hydrogen) atoms. The number of carbonyl (C=O) groups is 1. The van der Waals surface area contributed by atoms with E-state index in [2.05, 4.69) is 0 Å². The second-order valence-corrected chi connectivity index (χ2v) is 4.05. The Morgan fingerprint density at radius 1 is 1.57 bits per heavy atom. The Bertz CT molecular complexity index is 197. The lowest BCUT2D eigenvalue weighted by molar-refractivity contribution is -0.134. The molecule has 0 saturated carbocycles. The summed E-state index contributed by atoms with van der Waals surface area (Å²) < 4.78 is 0. The van der Waals surface area contributed by atoms with E-state index in [0.717, 1.165) is 19.4 Å². The summed E-state index contributed by atoms with van der Waals surface area (Å²) in [6, 6.07) is 0. The second-order valence-electron chi connectivity index (χ2n) is 4.05. The van der Waals surface area contributed by atoms with Crippen molar-refractivity contribution in [2.24, 2.45) is 11.7 Å². The van der Waals surface area contributed by atoms with Gasteiger partial charge < -0.3 is 15.7 Å². The largest absolute Gasteiger partial charge is 0.393 e. The number of aliphatic hydroxyl groups is 1. The van der Waals surface area contributed by atoms with Crippen LogP contribution in [0.1, 0.15) is 26.2 Å². The van der Waals surface area contributed by atoms with Gasteiger partial charge in [-0.15, -0.1) is 0 Å². The minimum atomic E-state index is -0.235. The number of amides is 1. The van der Waals surface area contributed by atoms with Crippen LogP contribution in [0.3, 0.4) is 0 Å². The van der Waals surface area contributed by atoms with Crippen molar-refractivity contribution in [1.29, 1.82) is 0 Å². The summed E-state index contributed by atoms with van der Waals surface area (Å²) in [6.07, 6.45) is 2.16. The molecule has 3 N–H and O–H groups in total. The minimum absolute atomic E-state index is 0.0924. The SMILES string of the molecule is CC(CN)C(=O)N1CCCC(O)CC1. The number of nitrogens with zero attached hydrogens (tertiary/aromatic N) is 1. The molecule has 2 unspecified atom stereocenters. The Kier molecular flexibility index (Phi) is 4.35. The van der Waals surface area contributed by atoms with Crippen LogP contribution < -0.4 is 5.73 Å². The van der Waals surface area contributed by atoms with Crippen LogP contribution in [0.25, 0.3) is 0 Å². The molecule has 1 fully saturated rings. The Morgan fingerprint density at radius 3 is 2.93 bits per heavy atom. The van der Waals surface area contributed by atoms with Crippen LogP contribution >= 0.6 is 0 Å². The van der Waals surface area contributed by atoms with Crippen LogP contribution in [0.5, 0.6) is 0 Å². The number of carbonyl (C=O) groups excluding carboxylic acids is 1. The highest BCUT2D eigenvalue weighted by molar-refractivity contribution is 5.78. The smallest absolute Gasteiger partial charge is 0.226 e. The van der Waals surface area contributed by atoms with Gasteiger partial charge in [-0.1, -0.05) is 6.92 Å². The number of hydrogen-bond donors (Lipinski definition) is 2. The molecule has 1 heterocycles. The topological polar surface area (TPSA) is 66.6 Å². The van der Waals surface area contributed by atoms with E-state index in [-0.39, 0.29) is 17.9 Å². The van der Waals surface area contributed by atoms with E-state index in [4.69, 9.17) is 5.73 Å². The van der Waals surface area contributed by atoms with Gasteiger partial charge in [0.1, 0.15) is 0 Å². The average molecular weight is 200 g/mol. The highest BCUT2D eigenvalue weighted by Gasteiger charge is 2.22. The van der Waals surface area contributed by atoms with Gasteiger partial charge in [0.25, 0.3) is 0 Å². The van der Waals surface area contributed by atoms with E-state index < -0.39 is 0 Å². The molecule has 82 valence electrons. The Hall–Kier alpha value is -0.610. The van der Waals surface area contributed by atoms with Gasteiger partial charge in [0, 0.05) is 25.6 Å². The molecule has 1 aliphatic rings. The lowest BCUT2D eigenvalue weighted by Crippen LogP contribution is -2.38. The number of aliphatic hydroxyl groups excluding tert-OH is 1. The van der Waals surface area contributed by atoms with Gasteiger partial charge in [0.15, 0.2) is 0 Å². The van der Waals surface area contributed by atoms with Crippen molar-refractivity contribution in [3.8, 4) is 0 Å².